The van der Waals surface area contributed by atoms with Crippen LogP contribution < -0.4 is 5.32 Å². The summed E-state index contributed by atoms with van der Waals surface area (Å²) in [5.74, 6) is 0.390. The van der Waals surface area contributed by atoms with E-state index in [4.69, 9.17) is 4.74 Å². The Labute approximate surface area is 205 Å². The second-order valence-corrected chi connectivity index (χ2v) is 11.9. The van der Waals surface area contributed by atoms with Gasteiger partial charge < -0.3 is 15.0 Å². The molecule has 1 aliphatic carbocycles. The van der Waals surface area contributed by atoms with Crippen LogP contribution in [0.25, 0.3) is 0 Å². The lowest BCUT2D eigenvalue weighted by molar-refractivity contribution is -0.121. The van der Waals surface area contributed by atoms with Crippen molar-refractivity contribution in [1.29, 1.82) is 0 Å². The number of nitrogens with one attached hydrogen (secondary N) is 1. The van der Waals surface area contributed by atoms with Crippen molar-refractivity contribution in [2.24, 2.45) is 5.41 Å². The average Bonchev–Trinajstić information content (AvgIpc) is 3.30. The van der Waals surface area contributed by atoms with E-state index in [0.717, 1.165) is 31.4 Å². The monoisotopic (exact) mass is 520 g/mol. The van der Waals surface area contributed by atoms with Gasteiger partial charge in [0, 0.05) is 18.2 Å². The molecule has 1 aromatic rings. The standard InChI is InChI=1S/C25H37BrN4O3/c1-24(2,3)33-23(32)30-18-14-25(15-19(25)30)12-8-6-5-7-9-13-29(4)16-17-10-11-20(26)27-21(17)28-22(18)31/h10-11,18-19H,5-9,12-16H2,1-4H3,(H,27,28,31)/t18-,19+,25-/m0/s1. The zero-order valence-electron chi connectivity index (χ0n) is 20.3. The number of carbonyl (C=O) groups is 2. The van der Waals surface area contributed by atoms with Crippen LogP contribution in [-0.4, -0.2) is 58.1 Å². The Hall–Kier alpha value is -1.67. The first-order valence-electron chi connectivity index (χ1n) is 12.2. The molecule has 7 nitrogen and oxygen atoms in total. The number of amides is 2. The van der Waals surface area contributed by atoms with Gasteiger partial charge in [-0.2, -0.15) is 0 Å². The van der Waals surface area contributed by atoms with E-state index in [1.807, 2.05) is 32.9 Å². The fraction of sp³-hybridized carbons (Fsp3) is 0.720. The summed E-state index contributed by atoms with van der Waals surface area (Å²) in [7, 11) is 2.11. The molecular formula is C25H37BrN4O3. The van der Waals surface area contributed by atoms with Gasteiger partial charge in [0.15, 0.2) is 0 Å². The molecule has 8 heteroatoms. The molecule has 1 N–H and O–H groups in total. The lowest BCUT2D eigenvalue weighted by Gasteiger charge is -2.30. The molecule has 1 spiro atoms. The lowest BCUT2D eigenvalue weighted by atomic mass is 9.92. The Kier molecular flexibility index (Phi) is 7.06. The number of fused-ring (bicyclic) bond motifs is 2. The first-order chi connectivity index (χ1) is 15.6. The number of anilines is 1. The molecule has 4 rings (SSSR count). The highest BCUT2D eigenvalue weighted by atomic mass is 79.9. The summed E-state index contributed by atoms with van der Waals surface area (Å²) < 4.78 is 6.39. The van der Waals surface area contributed by atoms with Crippen molar-refractivity contribution in [3.05, 3.63) is 22.3 Å². The third kappa shape index (κ3) is 5.70. The normalized spacial score (nSPS) is 29.1. The largest absolute Gasteiger partial charge is 0.444 e. The van der Waals surface area contributed by atoms with Crippen molar-refractivity contribution in [3.63, 3.8) is 0 Å². The van der Waals surface area contributed by atoms with Crippen LogP contribution in [0.15, 0.2) is 16.7 Å². The fourth-order valence-electron chi connectivity index (χ4n) is 5.46. The second kappa shape index (κ2) is 9.53. The number of aromatic nitrogens is 1. The molecule has 3 heterocycles. The van der Waals surface area contributed by atoms with Gasteiger partial charge in [-0.3, -0.25) is 9.69 Å². The van der Waals surface area contributed by atoms with Crippen molar-refractivity contribution in [1.82, 2.24) is 14.8 Å². The van der Waals surface area contributed by atoms with Gasteiger partial charge in [-0.05, 0) is 87.5 Å². The molecule has 1 saturated carbocycles. The number of rotatable bonds is 0. The van der Waals surface area contributed by atoms with E-state index in [1.54, 1.807) is 4.90 Å². The highest BCUT2D eigenvalue weighted by Crippen LogP contribution is 2.62. The molecule has 1 aromatic heterocycles. The number of ether oxygens (including phenoxy) is 1. The van der Waals surface area contributed by atoms with E-state index < -0.39 is 11.6 Å². The van der Waals surface area contributed by atoms with Gasteiger partial charge in [0.25, 0.3) is 0 Å². The van der Waals surface area contributed by atoms with Crippen LogP contribution in [0.3, 0.4) is 0 Å². The number of hydrogen-bond acceptors (Lipinski definition) is 5. The summed E-state index contributed by atoms with van der Waals surface area (Å²) in [6, 6.07) is 3.48. The number of hydrogen-bond donors (Lipinski definition) is 1. The summed E-state index contributed by atoms with van der Waals surface area (Å²) in [5, 5.41) is 3.06. The van der Waals surface area contributed by atoms with Gasteiger partial charge in [0.1, 0.15) is 22.1 Å². The molecule has 0 aromatic carbocycles. The third-order valence-corrected chi connectivity index (χ3v) is 7.61. The van der Waals surface area contributed by atoms with Gasteiger partial charge in [-0.15, -0.1) is 0 Å². The maximum atomic E-state index is 13.5. The molecule has 1 saturated heterocycles. The quantitative estimate of drug-likeness (QED) is 0.467. The Bertz CT molecular complexity index is 902. The summed E-state index contributed by atoms with van der Waals surface area (Å²) in [5.41, 5.74) is 0.434. The summed E-state index contributed by atoms with van der Waals surface area (Å²) in [6.07, 6.45) is 8.36. The number of likely N-dealkylation sites (tertiary alicyclic amines) is 1. The van der Waals surface area contributed by atoms with Crippen molar-refractivity contribution in [2.75, 3.05) is 18.9 Å². The molecule has 2 bridgehead atoms. The van der Waals surface area contributed by atoms with E-state index in [-0.39, 0.29) is 23.5 Å². The molecule has 182 valence electrons. The zero-order chi connectivity index (χ0) is 23.8. The highest BCUT2D eigenvalue weighted by Gasteiger charge is 2.67. The van der Waals surface area contributed by atoms with Gasteiger partial charge in [0.2, 0.25) is 5.91 Å². The molecule has 3 atom stereocenters. The summed E-state index contributed by atoms with van der Waals surface area (Å²) in [4.78, 5) is 35.3. The van der Waals surface area contributed by atoms with Crippen LogP contribution in [-0.2, 0) is 16.1 Å². The summed E-state index contributed by atoms with van der Waals surface area (Å²) in [6.45, 7) is 7.33. The van der Waals surface area contributed by atoms with Crippen LogP contribution in [0.1, 0.15) is 77.7 Å². The van der Waals surface area contributed by atoms with Gasteiger partial charge in [-0.1, -0.05) is 31.7 Å². The number of nitrogens with zero attached hydrogens (tertiary/aromatic N) is 3. The van der Waals surface area contributed by atoms with Crippen molar-refractivity contribution < 1.29 is 14.3 Å². The number of halogens is 1. The van der Waals surface area contributed by atoms with Crippen molar-refractivity contribution >= 4 is 33.7 Å². The van der Waals surface area contributed by atoms with E-state index in [9.17, 15) is 9.59 Å². The second-order valence-electron chi connectivity index (χ2n) is 11.1. The maximum absolute atomic E-state index is 13.5. The maximum Gasteiger partial charge on any atom is 0.411 e. The highest BCUT2D eigenvalue weighted by molar-refractivity contribution is 9.10. The van der Waals surface area contributed by atoms with E-state index >= 15 is 0 Å². The first-order valence-corrected chi connectivity index (χ1v) is 13.0. The van der Waals surface area contributed by atoms with Gasteiger partial charge >= 0.3 is 6.09 Å². The predicted octanol–water partition coefficient (Wildman–Crippen LogP) is 5.34. The van der Waals surface area contributed by atoms with Gasteiger partial charge in [0.05, 0.1) is 0 Å². The van der Waals surface area contributed by atoms with Gasteiger partial charge in [-0.25, -0.2) is 9.78 Å². The molecule has 2 aliphatic heterocycles. The smallest absolute Gasteiger partial charge is 0.411 e. The predicted molar refractivity (Wildman–Crippen MR) is 132 cm³/mol. The molecule has 0 unspecified atom stereocenters. The van der Waals surface area contributed by atoms with Crippen LogP contribution >= 0.6 is 15.9 Å². The van der Waals surface area contributed by atoms with Crippen LogP contribution in [0.5, 0.6) is 0 Å². The van der Waals surface area contributed by atoms with E-state index in [1.165, 1.54) is 25.7 Å². The summed E-state index contributed by atoms with van der Waals surface area (Å²) >= 11 is 3.44. The van der Waals surface area contributed by atoms with E-state index in [2.05, 4.69) is 38.2 Å². The number of carbonyl (C=O) groups excluding carboxylic acids is 2. The third-order valence-electron chi connectivity index (χ3n) is 7.17. The minimum atomic E-state index is -0.600. The average molecular weight is 522 g/mol. The SMILES string of the molecule is CN1CCCCCCC[C@@]23C[C@@H](C(=O)Nc4nc(Br)ccc4C1)N(C(=O)OC(C)(C)C)[C@@H]2C3. The molecule has 3 aliphatic rings. The minimum Gasteiger partial charge on any atom is -0.444 e. The molecular weight excluding hydrogens is 484 g/mol. The van der Waals surface area contributed by atoms with Crippen LogP contribution in [0.4, 0.5) is 10.6 Å². The van der Waals surface area contributed by atoms with Crippen LogP contribution in [0.2, 0.25) is 0 Å². The fourth-order valence-corrected chi connectivity index (χ4v) is 5.77. The number of piperidine rings is 1. The van der Waals surface area contributed by atoms with Crippen LogP contribution in [0, 0.1) is 5.41 Å². The topological polar surface area (TPSA) is 74.8 Å². The van der Waals surface area contributed by atoms with Crippen molar-refractivity contribution in [2.45, 2.75) is 96.4 Å². The molecule has 0 radical (unpaired) electrons. The van der Waals surface area contributed by atoms with Crippen molar-refractivity contribution in [3.8, 4) is 0 Å². The Morgan fingerprint density at radius 3 is 2.67 bits per heavy atom. The minimum absolute atomic E-state index is 0.0593. The lowest BCUT2D eigenvalue weighted by Crippen LogP contribution is -2.47. The molecule has 2 amide bonds. The Morgan fingerprint density at radius 2 is 1.91 bits per heavy atom. The first kappa shape index (κ1) is 24.5. The Morgan fingerprint density at radius 1 is 1.18 bits per heavy atom. The Balaban J connectivity index is 1.61. The zero-order valence-corrected chi connectivity index (χ0v) is 21.9. The molecule has 33 heavy (non-hydrogen) atoms. The molecule has 2 fully saturated rings. The number of pyridine rings is 1. The van der Waals surface area contributed by atoms with E-state index in [0.29, 0.717) is 23.4 Å².